The van der Waals surface area contributed by atoms with E-state index in [9.17, 15) is 10.4 Å². The number of rotatable bonds is 2. The smallest absolute Gasteiger partial charge is 0.0871 e. The van der Waals surface area contributed by atoms with Crippen LogP contribution in [0.25, 0.3) is 0 Å². The Morgan fingerprint density at radius 3 is 2.25 bits per heavy atom. The summed E-state index contributed by atoms with van der Waals surface area (Å²) in [7, 11) is 0. The molecule has 1 N–H and O–H groups in total. The van der Waals surface area contributed by atoms with Crippen molar-refractivity contribution in [2.75, 3.05) is 0 Å². The molecule has 1 fully saturated rings. The summed E-state index contributed by atoms with van der Waals surface area (Å²) < 4.78 is 0. The van der Waals surface area contributed by atoms with Crippen LogP contribution in [0.2, 0.25) is 0 Å². The molecule has 84 valence electrons. The van der Waals surface area contributed by atoms with Gasteiger partial charge in [0.2, 0.25) is 0 Å². The summed E-state index contributed by atoms with van der Waals surface area (Å²) in [5.41, 5.74) is 1.90. The summed E-state index contributed by atoms with van der Waals surface area (Å²) in [5.74, 6) is 0.513. The number of aliphatic hydroxyl groups excluding tert-OH is 1. The molecule has 2 rings (SSSR count). The minimum absolute atomic E-state index is 0.301. The lowest BCUT2D eigenvalue weighted by Gasteiger charge is -2.40. The molecule has 0 unspecified atom stereocenters. The van der Waals surface area contributed by atoms with Crippen LogP contribution in [-0.4, -0.2) is 11.2 Å². The van der Waals surface area contributed by atoms with E-state index >= 15 is 0 Å². The predicted octanol–water partition coefficient (Wildman–Crippen LogP) is 2.73. The monoisotopic (exact) mass is 215 g/mol. The fraction of sp³-hybridized carbons (Fsp3) is 0.500. The van der Waals surface area contributed by atoms with Crippen molar-refractivity contribution in [2.24, 2.45) is 0 Å². The van der Waals surface area contributed by atoms with E-state index in [0.29, 0.717) is 18.8 Å². The summed E-state index contributed by atoms with van der Waals surface area (Å²) in [5, 5.41) is 18.6. The van der Waals surface area contributed by atoms with E-state index in [4.69, 9.17) is 0 Å². The Bertz CT molecular complexity index is 407. The van der Waals surface area contributed by atoms with Gasteiger partial charge in [-0.2, -0.15) is 5.26 Å². The standard InChI is InChI=1S/C14H17NO/c1-10(2)11-3-5-12(6-4-11)14(9-15)7-13(16)8-14/h3-6,10,13,16H,7-8H2,1-2H3. The highest BCUT2D eigenvalue weighted by atomic mass is 16.3. The first-order valence-corrected chi connectivity index (χ1v) is 5.77. The lowest BCUT2D eigenvalue weighted by atomic mass is 9.63. The Morgan fingerprint density at radius 2 is 1.88 bits per heavy atom. The molecule has 1 aromatic carbocycles. The van der Waals surface area contributed by atoms with Gasteiger partial charge in [-0.05, 0) is 29.9 Å². The molecule has 0 aliphatic heterocycles. The molecule has 2 heteroatoms. The number of benzene rings is 1. The van der Waals surface area contributed by atoms with Crippen LogP contribution in [0, 0.1) is 11.3 Å². The summed E-state index contributed by atoms with van der Waals surface area (Å²) in [6.45, 7) is 4.31. The molecular weight excluding hydrogens is 198 g/mol. The van der Waals surface area contributed by atoms with Crippen LogP contribution >= 0.6 is 0 Å². The van der Waals surface area contributed by atoms with Crippen molar-refractivity contribution in [1.29, 1.82) is 5.26 Å². The first-order valence-electron chi connectivity index (χ1n) is 5.77. The molecule has 1 aromatic rings. The first kappa shape index (κ1) is 11.2. The average molecular weight is 215 g/mol. The van der Waals surface area contributed by atoms with E-state index in [2.05, 4.69) is 32.0 Å². The number of aliphatic hydroxyl groups is 1. The maximum atomic E-state index is 9.37. The molecular formula is C14H17NO. The molecule has 2 nitrogen and oxygen atoms in total. The second kappa shape index (κ2) is 3.92. The van der Waals surface area contributed by atoms with E-state index < -0.39 is 5.41 Å². The van der Waals surface area contributed by atoms with Gasteiger partial charge in [0.15, 0.2) is 0 Å². The van der Waals surface area contributed by atoms with E-state index in [1.807, 2.05) is 12.1 Å². The third kappa shape index (κ3) is 1.72. The zero-order chi connectivity index (χ0) is 11.8. The van der Waals surface area contributed by atoms with E-state index in [0.717, 1.165) is 5.56 Å². The van der Waals surface area contributed by atoms with Gasteiger partial charge >= 0.3 is 0 Å². The van der Waals surface area contributed by atoms with Crippen molar-refractivity contribution in [3.8, 4) is 6.07 Å². The average Bonchev–Trinajstić information content (AvgIpc) is 2.24. The van der Waals surface area contributed by atoms with Crippen LogP contribution in [0.4, 0.5) is 0 Å². The summed E-state index contributed by atoms with van der Waals surface area (Å²) in [6.07, 6.45) is 0.846. The molecule has 1 saturated carbocycles. The maximum Gasteiger partial charge on any atom is 0.0871 e. The van der Waals surface area contributed by atoms with Crippen molar-refractivity contribution < 1.29 is 5.11 Å². The van der Waals surface area contributed by atoms with Gasteiger partial charge in [-0.15, -0.1) is 0 Å². The normalized spacial score (nSPS) is 28.6. The summed E-state index contributed by atoms with van der Waals surface area (Å²) >= 11 is 0. The fourth-order valence-corrected chi connectivity index (χ4v) is 2.32. The van der Waals surface area contributed by atoms with Gasteiger partial charge in [0, 0.05) is 0 Å². The van der Waals surface area contributed by atoms with Crippen LogP contribution in [0.15, 0.2) is 24.3 Å². The molecule has 0 amide bonds. The highest BCUT2D eigenvalue weighted by molar-refractivity contribution is 5.38. The van der Waals surface area contributed by atoms with Crippen LogP contribution < -0.4 is 0 Å². The molecule has 0 atom stereocenters. The summed E-state index contributed by atoms with van der Waals surface area (Å²) in [6, 6.07) is 10.6. The zero-order valence-corrected chi connectivity index (χ0v) is 9.77. The maximum absolute atomic E-state index is 9.37. The Kier molecular flexibility index (Phi) is 2.73. The van der Waals surface area contributed by atoms with E-state index in [1.54, 1.807) is 0 Å². The minimum Gasteiger partial charge on any atom is -0.393 e. The SMILES string of the molecule is CC(C)c1ccc(C2(C#N)CC(O)C2)cc1. The molecule has 0 saturated heterocycles. The van der Waals surface area contributed by atoms with Crippen LogP contribution in [0.1, 0.15) is 43.7 Å². The van der Waals surface area contributed by atoms with Gasteiger partial charge in [-0.1, -0.05) is 38.1 Å². The molecule has 1 aliphatic rings. The van der Waals surface area contributed by atoms with E-state index in [-0.39, 0.29) is 6.10 Å². The van der Waals surface area contributed by atoms with Crippen LogP contribution in [0.5, 0.6) is 0 Å². The Morgan fingerprint density at radius 1 is 1.31 bits per heavy atom. The molecule has 1 aliphatic carbocycles. The topological polar surface area (TPSA) is 44.0 Å². The van der Waals surface area contributed by atoms with Crippen molar-refractivity contribution in [3.63, 3.8) is 0 Å². The largest absolute Gasteiger partial charge is 0.393 e. The zero-order valence-electron chi connectivity index (χ0n) is 9.77. The lowest BCUT2D eigenvalue weighted by molar-refractivity contribution is 0.0447. The lowest BCUT2D eigenvalue weighted by Crippen LogP contribution is -2.43. The number of hydrogen-bond acceptors (Lipinski definition) is 2. The third-order valence-corrected chi connectivity index (χ3v) is 3.51. The van der Waals surface area contributed by atoms with Crippen molar-refractivity contribution in [3.05, 3.63) is 35.4 Å². The molecule has 0 aromatic heterocycles. The second-order valence-corrected chi connectivity index (χ2v) is 5.03. The van der Waals surface area contributed by atoms with Crippen LogP contribution in [0.3, 0.4) is 0 Å². The molecule has 0 heterocycles. The van der Waals surface area contributed by atoms with Gasteiger partial charge in [0.25, 0.3) is 0 Å². The summed E-state index contributed by atoms with van der Waals surface area (Å²) in [4.78, 5) is 0. The molecule has 0 radical (unpaired) electrons. The third-order valence-electron chi connectivity index (χ3n) is 3.51. The number of hydrogen-bond donors (Lipinski definition) is 1. The van der Waals surface area contributed by atoms with Crippen molar-refractivity contribution in [1.82, 2.24) is 0 Å². The molecule has 16 heavy (non-hydrogen) atoms. The van der Waals surface area contributed by atoms with Gasteiger partial charge in [0.05, 0.1) is 17.6 Å². The van der Waals surface area contributed by atoms with Crippen LogP contribution in [-0.2, 0) is 5.41 Å². The highest BCUT2D eigenvalue weighted by Gasteiger charge is 2.45. The van der Waals surface area contributed by atoms with E-state index in [1.165, 1.54) is 5.56 Å². The van der Waals surface area contributed by atoms with Gasteiger partial charge in [0.1, 0.15) is 0 Å². The van der Waals surface area contributed by atoms with Gasteiger partial charge in [-0.3, -0.25) is 0 Å². The van der Waals surface area contributed by atoms with Gasteiger partial charge in [-0.25, -0.2) is 0 Å². The fourth-order valence-electron chi connectivity index (χ4n) is 2.32. The molecule has 0 bridgehead atoms. The van der Waals surface area contributed by atoms with Gasteiger partial charge < -0.3 is 5.11 Å². The molecule has 0 spiro atoms. The Balaban J connectivity index is 2.25. The quantitative estimate of drug-likeness (QED) is 0.824. The number of nitrogens with zero attached hydrogens (tertiary/aromatic N) is 1. The highest BCUT2D eigenvalue weighted by Crippen LogP contribution is 2.43. The predicted molar refractivity (Wildman–Crippen MR) is 63.1 cm³/mol. The second-order valence-electron chi connectivity index (χ2n) is 5.03. The first-order chi connectivity index (χ1) is 7.57. The van der Waals surface area contributed by atoms with Crippen molar-refractivity contribution in [2.45, 2.75) is 44.1 Å². The Labute approximate surface area is 96.5 Å². The van der Waals surface area contributed by atoms with Crippen molar-refractivity contribution >= 4 is 0 Å². The minimum atomic E-state index is -0.436. The number of nitriles is 1. The Hall–Kier alpha value is -1.33.